The monoisotopic (exact) mass is 1040 g/mol. The average Bonchev–Trinajstić information content (AvgIpc) is 3.88. The highest BCUT2D eigenvalue weighted by molar-refractivity contribution is 9.10. The number of unbranched alkanes of at least 4 members (excludes halogenated alkanes) is 2. The Bertz CT molecular complexity index is 3230. The molecule has 0 radical (unpaired) electrons. The van der Waals surface area contributed by atoms with E-state index in [2.05, 4.69) is 34.5 Å². The van der Waals surface area contributed by atoms with Gasteiger partial charge >= 0.3 is 0 Å². The summed E-state index contributed by atoms with van der Waals surface area (Å²) >= 11 is 3.44. The van der Waals surface area contributed by atoms with Gasteiger partial charge in [-0.25, -0.2) is 30.3 Å². The Labute approximate surface area is 410 Å². The lowest BCUT2D eigenvalue weighted by Crippen LogP contribution is -2.29. The number of ketones is 2. The Balaban J connectivity index is 0.000000191. The number of carbonyl (C=O) groups is 2. The van der Waals surface area contributed by atoms with E-state index in [4.69, 9.17) is 8.83 Å². The Hall–Kier alpha value is -6.26. The summed E-state index contributed by atoms with van der Waals surface area (Å²) in [5.74, 6) is 0.0647. The van der Waals surface area contributed by atoms with Crippen molar-refractivity contribution in [2.45, 2.75) is 65.5 Å². The summed E-state index contributed by atoms with van der Waals surface area (Å²) in [6, 6.07) is 40.4. The fourth-order valence-electron chi connectivity index (χ4n) is 7.39. The number of furan rings is 2. The molecule has 0 aliphatic carbocycles. The van der Waals surface area contributed by atoms with Crippen molar-refractivity contribution >= 4 is 75.2 Å². The largest absolute Gasteiger partial charge is 0.460 e. The van der Waals surface area contributed by atoms with Gasteiger partial charge in [-0.05, 0) is 109 Å². The van der Waals surface area contributed by atoms with Crippen LogP contribution in [0, 0.1) is 11.6 Å². The molecule has 0 bridgehead atoms. The smallest absolute Gasteiger partial charge is 0.232 e. The summed E-state index contributed by atoms with van der Waals surface area (Å²) in [6.07, 6.45) is 7.32. The third-order valence-corrected chi connectivity index (χ3v) is 13.2. The van der Waals surface area contributed by atoms with Gasteiger partial charge in [0, 0.05) is 45.8 Å². The normalized spacial score (nSPS) is 11.4. The Morgan fingerprint density at radius 1 is 0.594 bits per heavy atom. The van der Waals surface area contributed by atoms with E-state index in [-0.39, 0.29) is 23.9 Å². The number of benzene rings is 6. The van der Waals surface area contributed by atoms with Crippen LogP contribution in [-0.2, 0) is 46.0 Å². The maximum atomic E-state index is 13.5. The minimum absolute atomic E-state index is 0.132. The van der Waals surface area contributed by atoms with Crippen LogP contribution in [0.3, 0.4) is 0 Å². The van der Waals surface area contributed by atoms with Crippen molar-refractivity contribution < 1.29 is 44.0 Å². The lowest BCUT2D eigenvalue weighted by molar-refractivity contribution is 0.103. The third kappa shape index (κ3) is 14.4. The quantitative estimate of drug-likeness (QED) is 0.0888. The van der Waals surface area contributed by atoms with Gasteiger partial charge in [0.25, 0.3) is 0 Å². The molecule has 15 heteroatoms. The molecule has 0 saturated heterocycles. The second-order valence-corrected chi connectivity index (χ2v) is 21.0. The first kappa shape index (κ1) is 52.1. The Kier molecular flexibility index (Phi) is 18.0. The minimum atomic E-state index is -3.61. The molecule has 0 aliphatic heterocycles. The number of aryl methyl sites for hydroxylation is 2. The van der Waals surface area contributed by atoms with E-state index in [1.54, 1.807) is 18.2 Å². The van der Waals surface area contributed by atoms with E-state index in [0.717, 1.165) is 59.2 Å². The first-order valence-electron chi connectivity index (χ1n) is 22.3. The molecule has 0 spiro atoms. The van der Waals surface area contributed by atoms with Gasteiger partial charge in [0.05, 0.1) is 35.9 Å². The van der Waals surface area contributed by atoms with Gasteiger partial charge in [-0.2, -0.15) is 0 Å². The van der Waals surface area contributed by atoms with Crippen molar-refractivity contribution in [1.29, 1.82) is 0 Å². The Morgan fingerprint density at radius 2 is 1.04 bits per heavy atom. The lowest BCUT2D eigenvalue weighted by Gasteiger charge is -2.22. The fraction of sp³-hybridized carbons (Fsp3) is 0.222. The average molecular weight is 1040 g/mol. The molecule has 10 nitrogen and oxygen atoms in total. The molecule has 1 N–H and O–H groups in total. The number of sulfonamides is 2. The zero-order valence-corrected chi connectivity index (χ0v) is 41.9. The summed E-state index contributed by atoms with van der Waals surface area (Å²) in [7, 11) is -6.68. The highest BCUT2D eigenvalue weighted by Crippen LogP contribution is 2.35. The predicted octanol–water partition coefficient (Wildman–Crippen LogP) is 12.8. The standard InChI is InChI=1S/C27H26FNO4S.C19H16BrFO2.C8H11NO2S/c1-3-4-10-25-26(27(30)20-11-13-21(28)14-12-20)23-17-22(15-16-24(23)33-25)29(34(2,31)32)18-19-8-6-5-7-9-19;1-2-3-4-17-18(15-11-13(20)7-10-16(15)23-17)19(22)12-5-8-14(21)9-6-12;1-12(10,11)9-7-8-5-3-2-4-6-8/h5-9,11-17H,3-4,10,18H2,1-2H3;5-11H,2-4H2,1H3;2-6,9H,7H2,1H3. The van der Waals surface area contributed by atoms with Crippen LogP contribution in [0.2, 0.25) is 0 Å². The first-order chi connectivity index (χ1) is 32.9. The molecule has 0 amide bonds. The van der Waals surface area contributed by atoms with Crippen LogP contribution in [-0.4, -0.2) is 40.9 Å². The summed E-state index contributed by atoms with van der Waals surface area (Å²) in [5, 5.41) is 1.33. The van der Waals surface area contributed by atoms with E-state index >= 15 is 0 Å². The maximum absolute atomic E-state index is 13.5. The van der Waals surface area contributed by atoms with Gasteiger partial charge in [0.15, 0.2) is 11.6 Å². The maximum Gasteiger partial charge on any atom is 0.232 e. The van der Waals surface area contributed by atoms with E-state index in [0.29, 0.717) is 75.4 Å². The van der Waals surface area contributed by atoms with Gasteiger partial charge in [0.2, 0.25) is 20.0 Å². The third-order valence-electron chi connectivity index (χ3n) is 10.9. The molecule has 0 saturated carbocycles. The molecule has 8 aromatic rings. The SMILES string of the molecule is CCCCc1oc2ccc(Br)cc2c1C(=O)c1ccc(F)cc1.CCCCc1oc2ccc(N(Cc3ccccc3)S(C)(=O)=O)cc2c1C(=O)c1ccc(F)cc1.CS(=O)(=O)NCc1ccccc1. The van der Waals surface area contributed by atoms with E-state index in [1.807, 2.05) is 78.9 Å². The van der Waals surface area contributed by atoms with Gasteiger partial charge in [-0.3, -0.25) is 13.9 Å². The summed E-state index contributed by atoms with van der Waals surface area (Å²) in [4.78, 5) is 26.4. The highest BCUT2D eigenvalue weighted by atomic mass is 79.9. The van der Waals surface area contributed by atoms with Crippen molar-refractivity contribution in [2.75, 3.05) is 16.8 Å². The zero-order valence-electron chi connectivity index (χ0n) is 38.7. The Morgan fingerprint density at radius 3 is 1.49 bits per heavy atom. The molecule has 0 unspecified atom stereocenters. The first-order valence-corrected chi connectivity index (χ1v) is 26.9. The van der Waals surface area contributed by atoms with E-state index in [1.165, 1.54) is 52.8 Å². The lowest BCUT2D eigenvalue weighted by atomic mass is 9.98. The summed E-state index contributed by atoms with van der Waals surface area (Å²) in [5.41, 5.74) is 5.23. The summed E-state index contributed by atoms with van der Waals surface area (Å²) in [6.45, 7) is 4.67. The second-order valence-electron chi connectivity index (χ2n) is 16.3. The van der Waals surface area contributed by atoms with Crippen LogP contribution in [0.5, 0.6) is 0 Å². The number of carbonyl (C=O) groups excluding carboxylic acids is 2. The number of nitrogens with zero attached hydrogens (tertiary/aromatic N) is 1. The van der Waals surface area contributed by atoms with Gasteiger partial charge in [0.1, 0.15) is 34.3 Å². The number of hydrogen-bond donors (Lipinski definition) is 1. The topological polar surface area (TPSA) is 144 Å². The van der Waals surface area contributed by atoms with Crippen LogP contribution in [0.1, 0.15) is 94.0 Å². The molecule has 0 atom stereocenters. The molecule has 6 aromatic carbocycles. The predicted molar refractivity (Wildman–Crippen MR) is 273 cm³/mol. The van der Waals surface area contributed by atoms with Crippen LogP contribution in [0.4, 0.5) is 14.5 Å². The number of halogens is 3. The van der Waals surface area contributed by atoms with Crippen molar-refractivity contribution in [3.05, 3.63) is 207 Å². The van der Waals surface area contributed by atoms with Gasteiger partial charge in [-0.15, -0.1) is 0 Å². The van der Waals surface area contributed by atoms with Gasteiger partial charge in [-0.1, -0.05) is 103 Å². The zero-order chi connectivity index (χ0) is 49.7. The van der Waals surface area contributed by atoms with E-state index < -0.39 is 25.9 Å². The summed E-state index contributed by atoms with van der Waals surface area (Å²) < 4.78 is 89.9. The molecule has 360 valence electrons. The van der Waals surface area contributed by atoms with Crippen molar-refractivity contribution in [1.82, 2.24) is 4.72 Å². The van der Waals surface area contributed by atoms with Crippen LogP contribution < -0.4 is 9.03 Å². The molecule has 2 heterocycles. The minimum Gasteiger partial charge on any atom is -0.460 e. The van der Waals surface area contributed by atoms with Crippen molar-refractivity contribution in [3.8, 4) is 0 Å². The van der Waals surface area contributed by atoms with Crippen LogP contribution in [0.15, 0.2) is 159 Å². The number of rotatable bonds is 17. The number of hydrogen-bond acceptors (Lipinski definition) is 8. The number of nitrogens with one attached hydrogen (secondary N) is 1. The number of anilines is 1. The molecule has 0 aliphatic rings. The van der Waals surface area contributed by atoms with E-state index in [9.17, 15) is 35.2 Å². The van der Waals surface area contributed by atoms with Crippen molar-refractivity contribution in [2.24, 2.45) is 0 Å². The van der Waals surface area contributed by atoms with Crippen LogP contribution in [0.25, 0.3) is 21.9 Å². The molecule has 8 rings (SSSR count). The van der Waals surface area contributed by atoms with Gasteiger partial charge < -0.3 is 8.83 Å². The molecule has 69 heavy (non-hydrogen) atoms. The second kappa shape index (κ2) is 23.8. The molecule has 0 fully saturated rings. The van der Waals surface area contributed by atoms with Crippen LogP contribution >= 0.6 is 15.9 Å². The highest BCUT2D eigenvalue weighted by Gasteiger charge is 2.26. The molecular weight excluding hydrogens is 987 g/mol. The molecule has 2 aromatic heterocycles. The number of fused-ring (bicyclic) bond motifs is 2. The fourth-order valence-corrected chi connectivity index (χ4v) is 9.06. The molecular formula is C54H53BrF2N2O8S2. The van der Waals surface area contributed by atoms with Crippen molar-refractivity contribution in [3.63, 3.8) is 0 Å².